The van der Waals surface area contributed by atoms with Gasteiger partial charge in [0.25, 0.3) is 0 Å². The fraction of sp³-hybridized carbons (Fsp3) is 0.500. The van der Waals surface area contributed by atoms with Crippen molar-refractivity contribution in [3.63, 3.8) is 0 Å². The van der Waals surface area contributed by atoms with Crippen molar-refractivity contribution >= 4 is 5.91 Å². The zero-order valence-electron chi connectivity index (χ0n) is 14.8. The Morgan fingerprint density at radius 3 is 2.80 bits per heavy atom. The topological polar surface area (TPSA) is 77.7 Å². The van der Waals surface area contributed by atoms with Crippen molar-refractivity contribution < 1.29 is 18.8 Å². The summed E-state index contributed by atoms with van der Waals surface area (Å²) in [5.74, 6) is 2.41. The number of hydrogen-bond acceptors (Lipinski definition) is 6. The molecule has 0 N–H and O–H groups in total. The van der Waals surface area contributed by atoms with E-state index in [0.29, 0.717) is 29.6 Å². The molecular formula is C18H23N3O4. The monoisotopic (exact) mass is 345 g/mol. The maximum absolute atomic E-state index is 11.8. The van der Waals surface area contributed by atoms with Crippen LogP contribution in [0.1, 0.15) is 32.1 Å². The number of benzene rings is 1. The van der Waals surface area contributed by atoms with Crippen LogP contribution in [0.2, 0.25) is 0 Å². The third-order valence-corrected chi connectivity index (χ3v) is 4.55. The highest BCUT2D eigenvalue weighted by Gasteiger charge is 2.26. The third kappa shape index (κ3) is 3.75. The maximum atomic E-state index is 11.8. The number of nitrogens with zero attached hydrogens (tertiary/aromatic N) is 3. The maximum Gasteiger partial charge on any atom is 0.229 e. The second kappa shape index (κ2) is 7.55. The minimum atomic E-state index is 0.101. The standard InChI is InChI=1S/C18H23N3O4/c1-12(22)21-9-5-4-6-14(21)11-17-19-18(20-25-17)13-7-8-15(23-2)16(10-13)24-3/h7-8,10,14H,4-6,9,11H2,1-3H3. The third-order valence-electron chi connectivity index (χ3n) is 4.55. The Hall–Kier alpha value is -2.57. The van der Waals surface area contributed by atoms with E-state index in [4.69, 9.17) is 14.0 Å². The SMILES string of the molecule is COc1ccc(-c2noc(CC3CCCCN3C(C)=O)n2)cc1OC. The Morgan fingerprint density at radius 2 is 2.08 bits per heavy atom. The number of ether oxygens (including phenoxy) is 2. The van der Waals surface area contributed by atoms with Gasteiger partial charge in [0.15, 0.2) is 11.5 Å². The number of rotatable bonds is 5. The first-order valence-corrected chi connectivity index (χ1v) is 8.44. The van der Waals surface area contributed by atoms with Crippen molar-refractivity contribution in [2.45, 2.75) is 38.6 Å². The first-order valence-electron chi connectivity index (χ1n) is 8.44. The zero-order chi connectivity index (χ0) is 17.8. The van der Waals surface area contributed by atoms with Gasteiger partial charge in [-0.05, 0) is 37.5 Å². The van der Waals surface area contributed by atoms with Crippen molar-refractivity contribution in [3.05, 3.63) is 24.1 Å². The van der Waals surface area contributed by atoms with E-state index in [0.717, 1.165) is 31.4 Å². The van der Waals surface area contributed by atoms with Crippen molar-refractivity contribution in [1.82, 2.24) is 15.0 Å². The van der Waals surface area contributed by atoms with Gasteiger partial charge in [-0.1, -0.05) is 5.16 Å². The minimum Gasteiger partial charge on any atom is -0.493 e. The summed E-state index contributed by atoms with van der Waals surface area (Å²) in [6.45, 7) is 2.41. The van der Waals surface area contributed by atoms with E-state index in [2.05, 4.69) is 10.1 Å². The molecule has 1 atom stereocenters. The quantitative estimate of drug-likeness (QED) is 0.829. The normalized spacial score (nSPS) is 17.4. The average Bonchev–Trinajstić information content (AvgIpc) is 3.10. The summed E-state index contributed by atoms with van der Waals surface area (Å²) in [5, 5.41) is 4.07. The van der Waals surface area contributed by atoms with Gasteiger partial charge in [-0.15, -0.1) is 0 Å². The summed E-state index contributed by atoms with van der Waals surface area (Å²) in [4.78, 5) is 18.2. The Labute approximate surface area is 146 Å². The van der Waals surface area contributed by atoms with Gasteiger partial charge in [0.1, 0.15) is 0 Å². The molecule has 0 aliphatic carbocycles. The van der Waals surface area contributed by atoms with E-state index >= 15 is 0 Å². The molecule has 2 heterocycles. The van der Waals surface area contributed by atoms with Gasteiger partial charge in [0, 0.05) is 31.5 Å². The average molecular weight is 345 g/mol. The predicted molar refractivity (Wildman–Crippen MR) is 91.6 cm³/mol. The Kier molecular flexibility index (Phi) is 5.21. The van der Waals surface area contributed by atoms with Crippen LogP contribution in [-0.4, -0.2) is 47.8 Å². The van der Waals surface area contributed by atoms with Crippen LogP contribution in [0.25, 0.3) is 11.4 Å². The van der Waals surface area contributed by atoms with Gasteiger partial charge in [0.05, 0.1) is 14.2 Å². The van der Waals surface area contributed by atoms with Crippen LogP contribution in [0.4, 0.5) is 0 Å². The molecule has 1 aliphatic heterocycles. The largest absolute Gasteiger partial charge is 0.493 e. The molecule has 1 aromatic heterocycles. The smallest absolute Gasteiger partial charge is 0.229 e. The molecule has 1 aromatic carbocycles. The molecule has 1 amide bonds. The van der Waals surface area contributed by atoms with Crippen molar-refractivity contribution in [1.29, 1.82) is 0 Å². The lowest BCUT2D eigenvalue weighted by Crippen LogP contribution is -2.43. The van der Waals surface area contributed by atoms with Crippen molar-refractivity contribution in [2.75, 3.05) is 20.8 Å². The summed E-state index contributed by atoms with van der Waals surface area (Å²) in [6, 6.07) is 5.61. The van der Waals surface area contributed by atoms with E-state index < -0.39 is 0 Å². The predicted octanol–water partition coefficient (Wildman–Crippen LogP) is 2.70. The van der Waals surface area contributed by atoms with E-state index in [1.54, 1.807) is 21.1 Å². The summed E-state index contributed by atoms with van der Waals surface area (Å²) in [6.07, 6.45) is 3.72. The molecule has 1 aliphatic rings. The molecule has 0 spiro atoms. The van der Waals surface area contributed by atoms with Gasteiger partial charge >= 0.3 is 0 Å². The first-order chi connectivity index (χ1) is 12.1. The lowest BCUT2D eigenvalue weighted by molar-refractivity contribution is -0.132. The molecule has 0 radical (unpaired) electrons. The molecule has 134 valence electrons. The van der Waals surface area contributed by atoms with Crippen LogP contribution in [-0.2, 0) is 11.2 Å². The number of aromatic nitrogens is 2. The highest BCUT2D eigenvalue weighted by Crippen LogP contribution is 2.31. The molecule has 1 saturated heterocycles. The molecule has 25 heavy (non-hydrogen) atoms. The molecule has 1 unspecified atom stereocenters. The van der Waals surface area contributed by atoms with Gasteiger partial charge in [-0.3, -0.25) is 4.79 Å². The number of likely N-dealkylation sites (tertiary alicyclic amines) is 1. The number of hydrogen-bond donors (Lipinski definition) is 0. The van der Waals surface area contributed by atoms with E-state index in [-0.39, 0.29) is 11.9 Å². The van der Waals surface area contributed by atoms with Crippen LogP contribution in [0.15, 0.2) is 22.7 Å². The molecule has 2 aromatic rings. The summed E-state index contributed by atoms with van der Waals surface area (Å²) in [7, 11) is 3.18. The van der Waals surface area contributed by atoms with E-state index in [9.17, 15) is 4.79 Å². The fourth-order valence-corrected chi connectivity index (χ4v) is 3.26. The molecule has 1 fully saturated rings. The van der Waals surface area contributed by atoms with Crippen molar-refractivity contribution in [2.24, 2.45) is 0 Å². The van der Waals surface area contributed by atoms with Crippen molar-refractivity contribution in [3.8, 4) is 22.9 Å². The molecule has 0 saturated carbocycles. The van der Waals surface area contributed by atoms with Crippen LogP contribution >= 0.6 is 0 Å². The summed E-state index contributed by atoms with van der Waals surface area (Å²) < 4.78 is 16.0. The zero-order valence-corrected chi connectivity index (χ0v) is 14.8. The second-order valence-electron chi connectivity index (χ2n) is 6.15. The Bertz CT molecular complexity index is 744. The molecule has 0 bridgehead atoms. The molecule has 7 nitrogen and oxygen atoms in total. The van der Waals surface area contributed by atoms with Gasteiger partial charge in [-0.2, -0.15) is 4.98 Å². The molecular weight excluding hydrogens is 322 g/mol. The number of piperidine rings is 1. The van der Waals surface area contributed by atoms with E-state index in [1.165, 1.54) is 0 Å². The fourth-order valence-electron chi connectivity index (χ4n) is 3.26. The number of carbonyl (C=O) groups is 1. The highest BCUT2D eigenvalue weighted by atomic mass is 16.5. The van der Waals surface area contributed by atoms with Crippen LogP contribution in [0, 0.1) is 0 Å². The lowest BCUT2D eigenvalue weighted by atomic mass is 9.99. The van der Waals surface area contributed by atoms with Crippen LogP contribution in [0.3, 0.4) is 0 Å². The lowest BCUT2D eigenvalue weighted by Gasteiger charge is -2.34. The summed E-state index contributed by atoms with van der Waals surface area (Å²) in [5.41, 5.74) is 0.791. The minimum absolute atomic E-state index is 0.101. The molecule has 3 rings (SSSR count). The van der Waals surface area contributed by atoms with Crippen LogP contribution < -0.4 is 9.47 Å². The van der Waals surface area contributed by atoms with E-state index in [1.807, 2.05) is 23.1 Å². The van der Waals surface area contributed by atoms with Gasteiger partial charge in [-0.25, -0.2) is 0 Å². The van der Waals surface area contributed by atoms with Gasteiger partial charge in [0.2, 0.25) is 17.6 Å². The Balaban J connectivity index is 1.77. The number of amides is 1. The van der Waals surface area contributed by atoms with Crippen LogP contribution in [0.5, 0.6) is 11.5 Å². The number of methoxy groups -OCH3 is 2. The van der Waals surface area contributed by atoms with Gasteiger partial charge < -0.3 is 18.9 Å². The first kappa shape index (κ1) is 17.3. The highest BCUT2D eigenvalue weighted by molar-refractivity contribution is 5.73. The number of carbonyl (C=O) groups excluding carboxylic acids is 1. The summed E-state index contributed by atoms with van der Waals surface area (Å²) >= 11 is 0. The second-order valence-corrected chi connectivity index (χ2v) is 6.15. The molecule has 7 heteroatoms. The Morgan fingerprint density at radius 1 is 1.28 bits per heavy atom.